The molecule has 0 aromatic heterocycles. The molecule has 1 saturated heterocycles. The molecule has 0 spiro atoms. The van der Waals surface area contributed by atoms with Crippen LogP contribution in [0.3, 0.4) is 0 Å². The van der Waals surface area contributed by atoms with Crippen molar-refractivity contribution in [3.63, 3.8) is 0 Å². The summed E-state index contributed by atoms with van der Waals surface area (Å²) in [6.45, 7) is 5.06. The van der Waals surface area contributed by atoms with E-state index in [1.165, 1.54) is 45.2 Å². The highest BCUT2D eigenvalue weighted by molar-refractivity contribution is 4.94. The third kappa shape index (κ3) is 3.44. The fraction of sp³-hybridized carbons (Fsp3) is 1.00. The Morgan fingerprint density at radius 2 is 2.25 bits per heavy atom. The largest absolute Gasteiger partial charge is 0.396 e. The van der Waals surface area contributed by atoms with Gasteiger partial charge in [0.05, 0.1) is 0 Å². The van der Waals surface area contributed by atoms with Gasteiger partial charge >= 0.3 is 0 Å². The van der Waals surface area contributed by atoms with Crippen molar-refractivity contribution in [3.05, 3.63) is 0 Å². The molecule has 16 heavy (non-hydrogen) atoms. The smallest absolute Gasteiger partial charge is 0.0499 e. The lowest BCUT2D eigenvalue weighted by Crippen LogP contribution is -2.34. The highest BCUT2D eigenvalue weighted by Crippen LogP contribution is 2.44. The summed E-state index contributed by atoms with van der Waals surface area (Å²) in [6, 6.07) is 0. The van der Waals surface area contributed by atoms with Crippen LogP contribution in [0, 0.1) is 11.3 Å². The lowest BCUT2D eigenvalue weighted by Gasteiger charge is -2.29. The monoisotopic (exact) mass is 226 g/mol. The number of aliphatic hydroxyl groups is 1. The quantitative estimate of drug-likeness (QED) is 0.665. The molecule has 2 N–H and O–H groups in total. The zero-order valence-corrected chi connectivity index (χ0v) is 10.5. The summed E-state index contributed by atoms with van der Waals surface area (Å²) in [7, 11) is 2.23. The van der Waals surface area contributed by atoms with Gasteiger partial charge in [-0.15, -0.1) is 0 Å². The normalized spacial score (nSPS) is 29.2. The fourth-order valence-corrected chi connectivity index (χ4v) is 2.74. The van der Waals surface area contributed by atoms with E-state index in [9.17, 15) is 5.11 Å². The van der Waals surface area contributed by atoms with Crippen molar-refractivity contribution in [2.75, 3.05) is 39.8 Å². The minimum atomic E-state index is 0.267. The van der Waals surface area contributed by atoms with Gasteiger partial charge in [-0.25, -0.2) is 0 Å². The zero-order valence-electron chi connectivity index (χ0n) is 10.5. The first kappa shape index (κ1) is 12.3. The number of hydrogen-bond donors (Lipinski definition) is 2. The minimum absolute atomic E-state index is 0.267. The molecule has 3 heteroatoms. The highest BCUT2D eigenvalue weighted by Gasteiger charge is 2.41. The second kappa shape index (κ2) is 5.48. The second-order valence-corrected chi connectivity index (χ2v) is 5.89. The third-order valence-corrected chi connectivity index (χ3v) is 4.24. The molecule has 2 fully saturated rings. The first-order chi connectivity index (χ1) is 7.74. The number of nitrogens with one attached hydrogen (secondary N) is 1. The van der Waals surface area contributed by atoms with E-state index in [0.29, 0.717) is 6.61 Å². The number of rotatable bonds is 6. The molecule has 2 aliphatic rings. The Morgan fingerprint density at radius 1 is 1.44 bits per heavy atom. The average Bonchev–Trinajstić information content (AvgIpc) is 3.05. The van der Waals surface area contributed by atoms with Crippen LogP contribution in [0.4, 0.5) is 0 Å². The number of piperidine rings is 1. The molecule has 1 aliphatic carbocycles. The van der Waals surface area contributed by atoms with Gasteiger partial charge in [0.15, 0.2) is 0 Å². The number of nitrogens with zero attached hydrogens (tertiary/aromatic N) is 1. The van der Waals surface area contributed by atoms with Gasteiger partial charge in [-0.1, -0.05) is 0 Å². The molecule has 2 rings (SSSR count). The Hall–Kier alpha value is -0.120. The molecule has 1 atom stereocenters. The maximum atomic E-state index is 9.19. The Bertz CT molecular complexity index is 216. The Morgan fingerprint density at radius 3 is 2.88 bits per heavy atom. The van der Waals surface area contributed by atoms with Crippen molar-refractivity contribution in [3.8, 4) is 0 Å². The summed E-state index contributed by atoms with van der Waals surface area (Å²) in [5.74, 6) is 0.885. The minimum Gasteiger partial charge on any atom is -0.396 e. The summed E-state index contributed by atoms with van der Waals surface area (Å²) >= 11 is 0. The van der Waals surface area contributed by atoms with Crippen molar-refractivity contribution >= 4 is 0 Å². The molecule has 0 bridgehead atoms. The van der Waals surface area contributed by atoms with Crippen LogP contribution in [0.25, 0.3) is 0 Å². The average molecular weight is 226 g/mol. The Balaban J connectivity index is 1.54. The Kier molecular flexibility index (Phi) is 4.22. The molecule has 1 heterocycles. The molecule has 1 aliphatic heterocycles. The van der Waals surface area contributed by atoms with Crippen molar-refractivity contribution < 1.29 is 5.11 Å². The van der Waals surface area contributed by atoms with Crippen LogP contribution in [0.5, 0.6) is 0 Å². The maximum absolute atomic E-state index is 9.19. The SMILES string of the molecule is CN1CCCC(CCNCC2(CO)CC2)C1. The van der Waals surface area contributed by atoms with Gasteiger partial charge in [0.1, 0.15) is 0 Å². The molecule has 0 amide bonds. The summed E-state index contributed by atoms with van der Waals surface area (Å²) in [5.41, 5.74) is 0.267. The molecule has 1 saturated carbocycles. The van der Waals surface area contributed by atoms with Crippen LogP contribution in [0.15, 0.2) is 0 Å². The number of aliphatic hydroxyl groups excluding tert-OH is 1. The fourth-order valence-electron chi connectivity index (χ4n) is 2.74. The summed E-state index contributed by atoms with van der Waals surface area (Å²) in [5, 5.41) is 12.7. The van der Waals surface area contributed by atoms with Gasteiger partial charge in [-0.05, 0) is 58.2 Å². The van der Waals surface area contributed by atoms with E-state index in [2.05, 4.69) is 17.3 Å². The predicted molar refractivity (Wildman–Crippen MR) is 66.5 cm³/mol. The topological polar surface area (TPSA) is 35.5 Å². The lowest BCUT2D eigenvalue weighted by molar-refractivity contribution is 0.193. The predicted octanol–water partition coefficient (Wildman–Crippen LogP) is 1.08. The first-order valence-electron chi connectivity index (χ1n) is 6.74. The van der Waals surface area contributed by atoms with E-state index >= 15 is 0 Å². The van der Waals surface area contributed by atoms with Crippen LogP contribution < -0.4 is 5.32 Å². The van der Waals surface area contributed by atoms with Crippen LogP contribution in [0.2, 0.25) is 0 Å². The van der Waals surface area contributed by atoms with Gasteiger partial charge < -0.3 is 15.3 Å². The molecule has 0 aromatic carbocycles. The van der Waals surface area contributed by atoms with Crippen molar-refractivity contribution in [1.82, 2.24) is 10.2 Å². The number of likely N-dealkylation sites (tertiary alicyclic amines) is 1. The summed E-state index contributed by atoms with van der Waals surface area (Å²) in [6.07, 6.45) is 6.48. The van der Waals surface area contributed by atoms with Crippen LogP contribution in [0.1, 0.15) is 32.1 Å². The highest BCUT2D eigenvalue weighted by atomic mass is 16.3. The molecule has 94 valence electrons. The van der Waals surface area contributed by atoms with E-state index < -0.39 is 0 Å². The van der Waals surface area contributed by atoms with Crippen LogP contribution in [-0.2, 0) is 0 Å². The van der Waals surface area contributed by atoms with Crippen molar-refractivity contribution in [2.45, 2.75) is 32.1 Å². The summed E-state index contributed by atoms with van der Waals surface area (Å²) < 4.78 is 0. The van der Waals surface area contributed by atoms with Crippen molar-refractivity contribution in [1.29, 1.82) is 0 Å². The molecule has 0 aromatic rings. The van der Waals surface area contributed by atoms with Crippen LogP contribution in [-0.4, -0.2) is 49.8 Å². The van der Waals surface area contributed by atoms with Gasteiger partial charge in [-0.3, -0.25) is 0 Å². The first-order valence-corrected chi connectivity index (χ1v) is 6.74. The second-order valence-electron chi connectivity index (χ2n) is 5.89. The molecule has 0 radical (unpaired) electrons. The number of hydrogen-bond acceptors (Lipinski definition) is 3. The van der Waals surface area contributed by atoms with E-state index in [1.807, 2.05) is 0 Å². The zero-order chi connectivity index (χ0) is 11.4. The Labute approximate surface area is 99.2 Å². The maximum Gasteiger partial charge on any atom is 0.0499 e. The van der Waals surface area contributed by atoms with Crippen LogP contribution >= 0.6 is 0 Å². The third-order valence-electron chi connectivity index (χ3n) is 4.24. The molecule has 1 unspecified atom stereocenters. The van der Waals surface area contributed by atoms with E-state index in [4.69, 9.17) is 0 Å². The van der Waals surface area contributed by atoms with Gasteiger partial charge in [0.25, 0.3) is 0 Å². The molecular formula is C13H26N2O. The summed E-state index contributed by atoms with van der Waals surface area (Å²) in [4.78, 5) is 2.45. The van der Waals surface area contributed by atoms with Gasteiger partial charge in [0.2, 0.25) is 0 Å². The standard InChI is InChI=1S/C13H26N2O/c1-15-8-2-3-12(9-15)4-7-14-10-13(11-16)5-6-13/h12,14,16H,2-11H2,1H3. The van der Waals surface area contributed by atoms with E-state index in [1.54, 1.807) is 0 Å². The molecular weight excluding hydrogens is 200 g/mol. The molecule has 3 nitrogen and oxygen atoms in total. The van der Waals surface area contributed by atoms with Gasteiger partial charge in [-0.2, -0.15) is 0 Å². The van der Waals surface area contributed by atoms with E-state index in [0.717, 1.165) is 19.0 Å². The van der Waals surface area contributed by atoms with Crippen molar-refractivity contribution in [2.24, 2.45) is 11.3 Å². The van der Waals surface area contributed by atoms with Gasteiger partial charge in [0, 0.05) is 25.1 Å². The lowest BCUT2D eigenvalue weighted by atomic mass is 9.95. The van der Waals surface area contributed by atoms with E-state index in [-0.39, 0.29) is 5.41 Å².